The van der Waals surface area contributed by atoms with Crippen LogP contribution in [0.3, 0.4) is 0 Å². The van der Waals surface area contributed by atoms with Crippen LogP contribution in [-0.4, -0.2) is 39.9 Å². The Labute approximate surface area is 123 Å². The molecule has 0 saturated heterocycles. The minimum absolute atomic E-state index is 0.0367. The van der Waals surface area contributed by atoms with Gasteiger partial charge in [0, 0.05) is 18.8 Å². The number of hydrogen-bond acceptors (Lipinski definition) is 4. The molecule has 0 aliphatic heterocycles. The minimum Gasteiger partial charge on any atom is -0.481 e. The number of hydrogen-bond donors (Lipinski definition) is 3. The molecule has 0 aromatic carbocycles. The summed E-state index contributed by atoms with van der Waals surface area (Å²) < 4.78 is 0. The highest BCUT2D eigenvalue weighted by atomic mass is 16.4. The number of aliphatic carboxylic acids is 2. The molecule has 0 saturated carbocycles. The fraction of sp³-hybridized carbons (Fsp3) is 0.714. The second-order valence-electron chi connectivity index (χ2n) is 5.21. The number of ketones is 1. The number of carbonyl (C=O) groups is 4. The van der Waals surface area contributed by atoms with E-state index in [2.05, 4.69) is 5.32 Å². The Balaban J connectivity index is 4.49. The molecule has 0 rings (SSSR count). The summed E-state index contributed by atoms with van der Waals surface area (Å²) in [5, 5.41) is 20.2. The van der Waals surface area contributed by atoms with Gasteiger partial charge >= 0.3 is 11.9 Å². The lowest BCUT2D eigenvalue weighted by Gasteiger charge is -2.18. The highest BCUT2D eigenvalue weighted by Gasteiger charge is 2.25. The summed E-state index contributed by atoms with van der Waals surface area (Å²) in [6.07, 6.45) is 0.580. The molecular weight excluding hydrogens is 278 g/mol. The molecule has 0 aromatic heterocycles. The Kier molecular flexibility index (Phi) is 8.26. The van der Waals surface area contributed by atoms with Crippen molar-refractivity contribution >= 4 is 23.6 Å². The van der Waals surface area contributed by atoms with Gasteiger partial charge in [-0.25, -0.2) is 4.79 Å². The maximum Gasteiger partial charge on any atom is 0.326 e. The second-order valence-corrected chi connectivity index (χ2v) is 5.21. The molecule has 0 bridgehead atoms. The second kappa shape index (κ2) is 9.10. The van der Waals surface area contributed by atoms with Crippen LogP contribution in [0.25, 0.3) is 0 Å². The molecule has 0 aromatic rings. The van der Waals surface area contributed by atoms with Crippen LogP contribution in [0.2, 0.25) is 0 Å². The van der Waals surface area contributed by atoms with Crippen molar-refractivity contribution in [1.29, 1.82) is 0 Å². The van der Waals surface area contributed by atoms with Crippen LogP contribution < -0.4 is 5.32 Å². The van der Waals surface area contributed by atoms with Gasteiger partial charge in [0.15, 0.2) is 0 Å². The van der Waals surface area contributed by atoms with E-state index in [-0.39, 0.29) is 25.0 Å². The molecule has 7 nitrogen and oxygen atoms in total. The smallest absolute Gasteiger partial charge is 0.326 e. The van der Waals surface area contributed by atoms with Crippen molar-refractivity contribution in [2.75, 3.05) is 0 Å². The summed E-state index contributed by atoms with van der Waals surface area (Å²) >= 11 is 0. The van der Waals surface area contributed by atoms with Crippen molar-refractivity contribution in [3.8, 4) is 0 Å². The first-order chi connectivity index (χ1) is 9.68. The van der Waals surface area contributed by atoms with Gasteiger partial charge in [0.05, 0.1) is 5.92 Å². The minimum atomic E-state index is -1.20. The van der Waals surface area contributed by atoms with E-state index in [1.54, 1.807) is 13.8 Å². The average Bonchev–Trinajstić information content (AvgIpc) is 2.41. The van der Waals surface area contributed by atoms with Gasteiger partial charge in [-0.2, -0.15) is 0 Å². The number of carbonyl (C=O) groups excluding carboxylic acids is 2. The summed E-state index contributed by atoms with van der Waals surface area (Å²) in [6.45, 7) is 4.72. The Morgan fingerprint density at radius 1 is 1.00 bits per heavy atom. The Morgan fingerprint density at radius 2 is 1.57 bits per heavy atom. The third kappa shape index (κ3) is 7.43. The highest BCUT2D eigenvalue weighted by Crippen LogP contribution is 2.13. The van der Waals surface area contributed by atoms with Gasteiger partial charge in [-0.05, 0) is 12.8 Å². The predicted molar refractivity (Wildman–Crippen MR) is 74.7 cm³/mol. The standard InChI is InChI=1S/C14H23NO6/c1-4-10(16)5-6-11(14(20)21)15-12(17)8(2)7-9(3)13(18)19/h8-9,11H,4-7H2,1-3H3,(H,15,17)(H,18,19)(H,20,21)/t8?,9?,11-/m0/s1. The lowest BCUT2D eigenvalue weighted by Crippen LogP contribution is -2.43. The maximum atomic E-state index is 11.9. The molecule has 120 valence electrons. The van der Waals surface area contributed by atoms with Crippen molar-refractivity contribution in [3.05, 3.63) is 0 Å². The van der Waals surface area contributed by atoms with Crippen molar-refractivity contribution in [1.82, 2.24) is 5.32 Å². The van der Waals surface area contributed by atoms with Crippen molar-refractivity contribution in [2.45, 2.75) is 52.5 Å². The largest absolute Gasteiger partial charge is 0.481 e. The fourth-order valence-corrected chi connectivity index (χ4v) is 1.79. The zero-order valence-corrected chi connectivity index (χ0v) is 12.6. The van der Waals surface area contributed by atoms with E-state index in [1.165, 1.54) is 6.92 Å². The molecule has 0 heterocycles. The average molecular weight is 301 g/mol. The van der Waals surface area contributed by atoms with Gasteiger partial charge in [-0.15, -0.1) is 0 Å². The number of carboxylic acid groups (broad SMARTS) is 2. The van der Waals surface area contributed by atoms with E-state index in [1.807, 2.05) is 0 Å². The van der Waals surface area contributed by atoms with Gasteiger partial charge in [0.1, 0.15) is 11.8 Å². The molecule has 3 N–H and O–H groups in total. The van der Waals surface area contributed by atoms with E-state index in [0.29, 0.717) is 6.42 Å². The zero-order valence-electron chi connectivity index (χ0n) is 12.6. The molecule has 0 fully saturated rings. The first-order valence-electron chi connectivity index (χ1n) is 6.96. The zero-order chi connectivity index (χ0) is 16.6. The lowest BCUT2D eigenvalue weighted by molar-refractivity contribution is -0.144. The molecule has 1 amide bonds. The Bertz CT molecular complexity index is 406. The Morgan fingerprint density at radius 3 is 2.00 bits per heavy atom. The van der Waals surface area contributed by atoms with E-state index < -0.39 is 35.7 Å². The fourth-order valence-electron chi connectivity index (χ4n) is 1.79. The first-order valence-corrected chi connectivity index (χ1v) is 6.96. The summed E-state index contributed by atoms with van der Waals surface area (Å²) in [6, 6.07) is -1.13. The number of rotatable bonds is 10. The molecule has 3 atom stereocenters. The van der Waals surface area contributed by atoms with Crippen molar-refractivity contribution in [3.63, 3.8) is 0 Å². The van der Waals surface area contributed by atoms with Crippen LogP contribution in [0.4, 0.5) is 0 Å². The van der Waals surface area contributed by atoms with E-state index in [0.717, 1.165) is 0 Å². The van der Waals surface area contributed by atoms with Gasteiger partial charge in [-0.1, -0.05) is 20.8 Å². The van der Waals surface area contributed by atoms with Gasteiger partial charge in [-0.3, -0.25) is 14.4 Å². The topological polar surface area (TPSA) is 121 Å². The van der Waals surface area contributed by atoms with Gasteiger partial charge < -0.3 is 15.5 Å². The van der Waals surface area contributed by atoms with Crippen molar-refractivity contribution in [2.24, 2.45) is 11.8 Å². The highest BCUT2D eigenvalue weighted by molar-refractivity contribution is 5.86. The normalized spacial score (nSPS) is 14.8. The third-order valence-corrected chi connectivity index (χ3v) is 3.30. The lowest BCUT2D eigenvalue weighted by atomic mass is 9.96. The van der Waals surface area contributed by atoms with Crippen LogP contribution in [0.5, 0.6) is 0 Å². The first kappa shape index (κ1) is 19.1. The molecule has 0 radical (unpaired) electrons. The molecule has 0 aliphatic carbocycles. The summed E-state index contributed by atoms with van der Waals surface area (Å²) in [7, 11) is 0. The molecule has 2 unspecified atom stereocenters. The summed E-state index contributed by atoms with van der Waals surface area (Å²) in [5.41, 5.74) is 0. The number of nitrogens with one attached hydrogen (secondary N) is 1. The molecule has 0 spiro atoms. The van der Waals surface area contributed by atoms with Crippen LogP contribution in [0.1, 0.15) is 46.5 Å². The van der Waals surface area contributed by atoms with Crippen LogP contribution in [0.15, 0.2) is 0 Å². The SMILES string of the molecule is CCC(=O)CC[C@H](NC(=O)C(C)CC(C)C(=O)O)C(=O)O. The monoisotopic (exact) mass is 301 g/mol. The summed E-state index contributed by atoms with van der Waals surface area (Å²) in [4.78, 5) is 44.9. The molecule has 0 aliphatic rings. The van der Waals surface area contributed by atoms with Crippen LogP contribution in [0, 0.1) is 11.8 Å². The Hall–Kier alpha value is -1.92. The van der Waals surface area contributed by atoms with Gasteiger partial charge in [0.2, 0.25) is 5.91 Å². The summed E-state index contributed by atoms with van der Waals surface area (Å²) in [5.74, 6) is -4.08. The molecular formula is C14H23NO6. The molecule has 7 heteroatoms. The van der Waals surface area contributed by atoms with Crippen LogP contribution in [-0.2, 0) is 19.2 Å². The number of Topliss-reactive ketones (excluding diaryl/α,β-unsaturated/α-hetero) is 1. The van der Waals surface area contributed by atoms with E-state index in [9.17, 15) is 19.2 Å². The van der Waals surface area contributed by atoms with E-state index >= 15 is 0 Å². The van der Waals surface area contributed by atoms with Crippen molar-refractivity contribution < 1.29 is 29.4 Å². The quantitative estimate of drug-likeness (QED) is 0.555. The number of carboxylic acids is 2. The molecule has 21 heavy (non-hydrogen) atoms. The van der Waals surface area contributed by atoms with Crippen LogP contribution >= 0.6 is 0 Å². The predicted octanol–water partition coefficient (Wildman–Crippen LogP) is 1.06. The van der Waals surface area contributed by atoms with Gasteiger partial charge in [0.25, 0.3) is 0 Å². The maximum absolute atomic E-state index is 11.9. The third-order valence-electron chi connectivity index (χ3n) is 3.30. The number of amides is 1. The van der Waals surface area contributed by atoms with E-state index in [4.69, 9.17) is 10.2 Å².